The molecule has 1 aromatic rings. The summed E-state index contributed by atoms with van der Waals surface area (Å²) < 4.78 is 5.23. The van der Waals surface area contributed by atoms with Gasteiger partial charge < -0.3 is 15.2 Å². The van der Waals surface area contributed by atoms with E-state index in [-0.39, 0.29) is 24.2 Å². The van der Waals surface area contributed by atoms with Crippen molar-refractivity contribution in [2.45, 2.75) is 26.2 Å². The van der Waals surface area contributed by atoms with Crippen LogP contribution in [0.1, 0.15) is 36.5 Å². The highest BCUT2D eigenvalue weighted by molar-refractivity contribution is 5.98. The summed E-state index contributed by atoms with van der Waals surface area (Å²) in [6.45, 7) is 2.40. The van der Waals surface area contributed by atoms with E-state index in [1.807, 2.05) is 0 Å². The minimum Gasteiger partial charge on any atom is -0.494 e. The zero-order valence-corrected chi connectivity index (χ0v) is 12.2. The molecular formula is C14H18N2O6. The molecule has 0 unspecified atom stereocenters. The molecule has 1 amide bonds. The number of ether oxygens (including phenoxy) is 1. The van der Waals surface area contributed by atoms with Gasteiger partial charge in [0, 0.05) is 19.0 Å². The van der Waals surface area contributed by atoms with Gasteiger partial charge in [0.2, 0.25) is 0 Å². The molecule has 22 heavy (non-hydrogen) atoms. The van der Waals surface area contributed by atoms with Crippen LogP contribution in [0.15, 0.2) is 18.2 Å². The molecule has 0 aliphatic rings. The maximum atomic E-state index is 12.0. The SMILES string of the molecule is CCOc1ccc([N+](=O)[O-])c(C(=O)NCCCCC(=O)O)c1. The van der Waals surface area contributed by atoms with Gasteiger partial charge in [-0.05, 0) is 31.9 Å². The zero-order chi connectivity index (χ0) is 16.5. The number of rotatable bonds is 9. The highest BCUT2D eigenvalue weighted by atomic mass is 16.6. The second-order valence-electron chi connectivity index (χ2n) is 4.48. The molecule has 8 nitrogen and oxygen atoms in total. The summed E-state index contributed by atoms with van der Waals surface area (Å²) in [6.07, 6.45) is 0.934. The number of carboxylic acid groups (broad SMARTS) is 1. The minimum absolute atomic E-state index is 0.0237. The molecular weight excluding hydrogens is 292 g/mol. The number of benzene rings is 1. The molecule has 0 spiro atoms. The van der Waals surface area contributed by atoms with Crippen LogP contribution in [-0.2, 0) is 4.79 Å². The summed E-state index contributed by atoms with van der Waals surface area (Å²) >= 11 is 0. The monoisotopic (exact) mass is 310 g/mol. The molecule has 0 aliphatic heterocycles. The van der Waals surface area contributed by atoms with Crippen LogP contribution in [0.2, 0.25) is 0 Å². The Labute approximate surface area is 127 Å². The molecule has 0 fully saturated rings. The Morgan fingerprint density at radius 2 is 2.09 bits per heavy atom. The lowest BCUT2D eigenvalue weighted by molar-refractivity contribution is -0.385. The third-order valence-corrected chi connectivity index (χ3v) is 2.82. The average molecular weight is 310 g/mol. The highest BCUT2D eigenvalue weighted by Gasteiger charge is 2.20. The second-order valence-corrected chi connectivity index (χ2v) is 4.48. The average Bonchev–Trinajstić information content (AvgIpc) is 2.46. The fourth-order valence-corrected chi connectivity index (χ4v) is 1.81. The van der Waals surface area contributed by atoms with Crippen LogP contribution in [0, 0.1) is 10.1 Å². The number of nitrogens with zero attached hydrogens (tertiary/aromatic N) is 1. The Morgan fingerprint density at radius 1 is 1.36 bits per heavy atom. The Balaban J connectivity index is 2.71. The Kier molecular flexibility index (Phi) is 6.81. The maximum absolute atomic E-state index is 12.0. The number of carboxylic acids is 1. The van der Waals surface area contributed by atoms with Gasteiger partial charge >= 0.3 is 5.97 Å². The largest absolute Gasteiger partial charge is 0.494 e. The molecule has 0 saturated carbocycles. The first kappa shape index (κ1) is 17.4. The molecule has 0 saturated heterocycles. The first-order valence-electron chi connectivity index (χ1n) is 6.87. The third kappa shape index (κ3) is 5.39. The minimum atomic E-state index is -0.897. The van der Waals surface area contributed by atoms with Crippen LogP contribution in [0.4, 0.5) is 5.69 Å². The number of aliphatic carboxylic acids is 1. The van der Waals surface area contributed by atoms with Crippen LogP contribution < -0.4 is 10.1 Å². The number of unbranched alkanes of at least 4 members (excludes halogenated alkanes) is 1. The number of carbonyl (C=O) groups is 2. The lowest BCUT2D eigenvalue weighted by Gasteiger charge is -2.08. The van der Waals surface area contributed by atoms with E-state index in [2.05, 4.69) is 5.32 Å². The van der Waals surface area contributed by atoms with Crippen molar-refractivity contribution in [3.8, 4) is 5.75 Å². The van der Waals surface area contributed by atoms with Crippen molar-refractivity contribution in [1.29, 1.82) is 0 Å². The first-order valence-corrected chi connectivity index (χ1v) is 6.87. The molecule has 1 rings (SSSR count). The topological polar surface area (TPSA) is 119 Å². The van der Waals surface area contributed by atoms with Gasteiger partial charge in [-0.25, -0.2) is 0 Å². The van der Waals surface area contributed by atoms with E-state index in [1.165, 1.54) is 18.2 Å². The predicted octanol–water partition coefficient (Wildman–Crippen LogP) is 1.98. The molecule has 0 aliphatic carbocycles. The molecule has 2 N–H and O–H groups in total. The van der Waals surface area contributed by atoms with Crippen molar-refractivity contribution in [1.82, 2.24) is 5.32 Å². The maximum Gasteiger partial charge on any atom is 0.303 e. The molecule has 0 aromatic heterocycles. The lowest BCUT2D eigenvalue weighted by Crippen LogP contribution is -2.25. The molecule has 0 atom stereocenters. The Hall–Kier alpha value is -2.64. The molecule has 1 aromatic carbocycles. The third-order valence-electron chi connectivity index (χ3n) is 2.82. The second kappa shape index (κ2) is 8.60. The van der Waals surface area contributed by atoms with Crippen molar-refractivity contribution < 1.29 is 24.4 Å². The summed E-state index contributed by atoms with van der Waals surface area (Å²) in [5, 5.41) is 22.0. The van der Waals surface area contributed by atoms with Crippen LogP contribution in [0.3, 0.4) is 0 Å². The smallest absolute Gasteiger partial charge is 0.303 e. The van der Waals surface area contributed by atoms with Gasteiger partial charge in [-0.3, -0.25) is 19.7 Å². The standard InChI is InChI=1S/C14H18N2O6/c1-2-22-10-6-7-12(16(20)21)11(9-10)14(19)15-8-4-3-5-13(17)18/h6-7,9H,2-5,8H2,1H3,(H,15,19)(H,17,18). The van der Waals surface area contributed by atoms with Gasteiger partial charge in [0.15, 0.2) is 0 Å². The number of nitrogens with one attached hydrogen (secondary N) is 1. The number of nitro benzene ring substituents is 1. The summed E-state index contributed by atoms with van der Waals surface area (Å²) in [4.78, 5) is 32.7. The summed E-state index contributed by atoms with van der Waals surface area (Å²) in [7, 11) is 0. The lowest BCUT2D eigenvalue weighted by atomic mass is 10.1. The van der Waals surface area contributed by atoms with Crippen molar-refractivity contribution in [3.05, 3.63) is 33.9 Å². The van der Waals surface area contributed by atoms with Gasteiger partial charge in [0.25, 0.3) is 11.6 Å². The summed E-state index contributed by atoms with van der Waals surface area (Å²) in [6, 6.07) is 3.99. The van der Waals surface area contributed by atoms with Crippen LogP contribution in [-0.4, -0.2) is 35.1 Å². The summed E-state index contributed by atoms with van der Waals surface area (Å²) in [5.41, 5.74) is -0.374. The van der Waals surface area contributed by atoms with E-state index in [0.29, 0.717) is 25.2 Å². The van der Waals surface area contributed by atoms with Crippen molar-refractivity contribution in [3.63, 3.8) is 0 Å². The Bertz CT molecular complexity index is 558. The fraction of sp³-hybridized carbons (Fsp3) is 0.429. The van der Waals surface area contributed by atoms with Gasteiger partial charge in [-0.1, -0.05) is 0 Å². The predicted molar refractivity (Wildman–Crippen MR) is 78.1 cm³/mol. The normalized spacial score (nSPS) is 10.0. The van der Waals surface area contributed by atoms with Gasteiger partial charge in [0.05, 0.1) is 11.5 Å². The number of hydrogen-bond donors (Lipinski definition) is 2. The first-order chi connectivity index (χ1) is 10.5. The Morgan fingerprint density at radius 3 is 2.68 bits per heavy atom. The molecule has 0 bridgehead atoms. The number of amides is 1. The number of hydrogen-bond acceptors (Lipinski definition) is 5. The van der Waals surface area contributed by atoms with E-state index in [4.69, 9.17) is 9.84 Å². The molecule has 120 valence electrons. The summed E-state index contributed by atoms with van der Waals surface area (Å²) in [5.74, 6) is -1.10. The van der Waals surface area contributed by atoms with Crippen molar-refractivity contribution in [2.75, 3.05) is 13.2 Å². The highest BCUT2D eigenvalue weighted by Crippen LogP contribution is 2.24. The van der Waals surface area contributed by atoms with Crippen LogP contribution >= 0.6 is 0 Å². The van der Waals surface area contributed by atoms with Crippen molar-refractivity contribution >= 4 is 17.6 Å². The van der Waals surface area contributed by atoms with E-state index in [9.17, 15) is 19.7 Å². The fourth-order valence-electron chi connectivity index (χ4n) is 1.81. The van der Waals surface area contributed by atoms with E-state index in [1.54, 1.807) is 6.92 Å². The van der Waals surface area contributed by atoms with E-state index >= 15 is 0 Å². The quantitative estimate of drug-likeness (QED) is 0.409. The van der Waals surface area contributed by atoms with Gasteiger partial charge in [-0.2, -0.15) is 0 Å². The number of carbonyl (C=O) groups excluding carboxylic acids is 1. The van der Waals surface area contributed by atoms with Crippen molar-refractivity contribution in [2.24, 2.45) is 0 Å². The molecule has 0 radical (unpaired) electrons. The zero-order valence-electron chi connectivity index (χ0n) is 12.2. The van der Waals surface area contributed by atoms with E-state index in [0.717, 1.165) is 0 Å². The van der Waals surface area contributed by atoms with Crippen LogP contribution in [0.5, 0.6) is 5.75 Å². The number of nitro groups is 1. The molecule has 0 heterocycles. The van der Waals surface area contributed by atoms with Gasteiger partial charge in [-0.15, -0.1) is 0 Å². The van der Waals surface area contributed by atoms with Gasteiger partial charge in [0.1, 0.15) is 11.3 Å². The van der Waals surface area contributed by atoms with Crippen LogP contribution in [0.25, 0.3) is 0 Å². The van der Waals surface area contributed by atoms with E-state index < -0.39 is 16.8 Å². The molecule has 8 heteroatoms.